The largest absolute Gasteiger partial charge is 0.510 e. The fourth-order valence-corrected chi connectivity index (χ4v) is 11.9. The number of pyridine rings is 1. The van der Waals surface area contributed by atoms with Crippen LogP contribution in [-0.4, -0.2) is 134 Å². The molecule has 2 N–H and O–H groups in total. The SMILES string of the molecule is CCCCCC(CC(=O)COCC(=O)CCCOCCn1cc(CCC(=O)C2CCC(CN3C(=O)C=CC3=O)CC2)nn1)C(=O)Nc1ccc(COC(=O)OC2(CC)C(=O)OCC3=C2C=C2c4nc5ccc(O)cc5c(CC)c4CN2C3)cc1. The Morgan fingerprint density at radius 2 is 1.65 bits per heavy atom. The number of unbranched alkanes of at least 4 members (excludes halogenated alkanes) is 2. The van der Waals surface area contributed by atoms with Crippen molar-refractivity contribution in [3.63, 3.8) is 0 Å². The van der Waals surface area contributed by atoms with Crippen molar-refractivity contribution in [2.75, 3.05) is 51.4 Å². The van der Waals surface area contributed by atoms with E-state index in [-0.39, 0.29) is 98.3 Å². The second kappa shape index (κ2) is 28.1. The van der Waals surface area contributed by atoms with E-state index < -0.39 is 23.6 Å². The molecular weight excluding hydrogens is 1080 g/mol. The van der Waals surface area contributed by atoms with Gasteiger partial charge in [-0.15, -0.1) is 5.10 Å². The Balaban J connectivity index is 0.659. The highest BCUT2D eigenvalue weighted by Crippen LogP contribution is 2.46. The van der Waals surface area contributed by atoms with E-state index in [4.69, 9.17) is 28.7 Å². The van der Waals surface area contributed by atoms with Crippen molar-refractivity contribution in [1.82, 2.24) is 29.8 Å². The molecule has 0 radical (unpaired) electrons. The van der Waals surface area contributed by atoms with Crippen LogP contribution >= 0.6 is 0 Å². The normalized spacial score (nSPS) is 19.4. The number of nitrogens with one attached hydrogen (secondary N) is 1. The first-order chi connectivity index (χ1) is 40.6. The maximum Gasteiger partial charge on any atom is 0.510 e. The molecule has 21 heteroatoms. The molecule has 4 aliphatic heterocycles. The molecule has 2 atom stereocenters. The molecule has 1 fully saturated rings. The van der Waals surface area contributed by atoms with Gasteiger partial charge in [0.05, 0.1) is 35.8 Å². The van der Waals surface area contributed by atoms with Crippen LogP contribution < -0.4 is 5.32 Å². The number of ketones is 3. The number of phenols is 1. The molecule has 0 bridgehead atoms. The third-order valence-corrected chi connectivity index (χ3v) is 16.6. The standard InChI is InChI=1S/C63H75N7O14/c1-4-7-8-10-43(29-49(73)39-81-38-48(72)11-9-27-80-28-26-69-34-46(66-67-69)20-23-56(74)42-16-12-40(13-17-42)32-70-57(75)24-25-58(70)76)60(77)64-45-18-14-41(15-19-45)36-83-62(79)84-63(6-3)53-31-55-59-52(35-68(55)33-44(53)37-82-61(63)78)50(5-2)51-30-47(71)21-22-54(51)65-59/h14-15,18-19,21-22,24-25,30-31,34,40,42-43,71H,4-13,16-17,20,23,26-29,32-33,35-39H2,1-3H3,(H,64,77). The molecule has 5 aliphatic rings. The Bertz CT molecular complexity index is 3210. The van der Waals surface area contributed by atoms with Crippen LogP contribution in [0, 0.1) is 17.8 Å². The van der Waals surface area contributed by atoms with E-state index >= 15 is 0 Å². The number of rotatable bonds is 30. The van der Waals surface area contributed by atoms with Gasteiger partial charge in [-0.1, -0.05) is 57.4 Å². The van der Waals surface area contributed by atoms with E-state index in [0.717, 1.165) is 90.4 Å². The minimum absolute atomic E-state index is 0.0282. The third-order valence-electron chi connectivity index (χ3n) is 16.6. The summed E-state index contributed by atoms with van der Waals surface area (Å²) in [4.78, 5) is 112. The molecule has 9 rings (SSSR count). The highest BCUT2D eigenvalue weighted by Gasteiger charge is 2.52. The molecule has 3 amide bonds. The van der Waals surface area contributed by atoms with Gasteiger partial charge in [-0.2, -0.15) is 0 Å². The van der Waals surface area contributed by atoms with E-state index in [1.165, 1.54) is 17.1 Å². The average molecular weight is 1150 g/mol. The lowest BCUT2D eigenvalue weighted by atomic mass is 9.79. The van der Waals surface area contributed by atoms with Crippen LogP contribution in [0.25, 0.3) is 16.6 Å². The molecule has 84 heavy (non-hydrogen) atoms. The number of amides is 3. The highest BCUT2D eigenvalue weighted by molar-refractivity contribution is 6.13. The number of aromatic hydroxyl groups is 1. The summed E-state index contributed by atoms with van der Waals surface area (Å²) in [5.74, 6) is -2.10. The Hall–Kier alpha value is -7.91. The molecule has 0 spiro atoms. The lowest BCUT2D eigenvalue weighted by molar-refractivity contribution is -0.165. The number of esters is 1. The van der Waals surface area contributed by atoms with Gasteiger partial charge in [0.2, 0.25) is 11.5 Å². The number of benzene rings is 2. The molecule has 0 saturated heterocycles. The van der Waals surface area contributed by atoms with Gasteiger partial charge >= 0.3 is 12.1 Å². The van der Waals surface area contributed by atoms with Crippen molar-refractivity contribution in [3.8, 4) is 5.75 Å². The number of aromatic nitrogens is 4. The average Bonchev–Trinajstić information content (AvgIpc) is 2.26. The van der Waals surface area contributed by atoms with Crippen molar-refractivity contribution in [2.24, 2.45) is 17.8 Å². The van der Waals surface area contributed by atoms with Gasteiger partial charge in [0.15, 0.2) is 11.6 Å². The van der Waals surface area contributed by atoms with Crippen LogP contribution in [0.3, 0.4) is 0 Å². The molecule has 2 aromatic heterocycles. The van der Waals surface area contributed by atoms with Gasteiger partial charge in [0.25, 0.3) is 11.8 Å². The molecule has 1 saturated carbocycles. The predicted molar refractivity (Wildman–Crippen MR) is 306 cm³/mol. The van der Waals surface area contributed by atoms with Gasteiger partial charge in [-0.25, -0.2) is 19.3 Å². The fourth-order valence-electron chi connectivity index (χ4n) is 11.9. The Kier molecular flexibility index (Phi) is 20.3. The number of anilines is 1. The zero-order chi connectivity index (χ0) is 59.3. The smallest absolute Gasteiger partial charge is 0.508 e. The maximum absolute atomic E-state index is 13.6. The van der Waals surface area contributed by atoms with E-state index in [9.17, 15) is 43.5 Å². The first-order valence-electron chi connectivity index (χ1n) is 29.6. The number of cyclic esters (lactones) is 1. The number of hydrogen-bond donors (Lipinski definition) is 2. The summed E-state index contributed by atoms with van der Waals surface area (Å²) in [6.45, 7) is 7.78. The van der Waals surface area contributed by atoms with Crippen molar-refractivity contribution in [1.29, 1.82) is 0 Å². The van der Waals surface area contributed by atoms with E-state index in [1.54, 1.807) is 60.3 Å². The second-order valence-electron chi connectivity index (χ2n) is 22.4. The number of nitrogens with zero attached hydrogens (tertiary/aromatic N) is 6. The summed E-state index contributed by atoms with van der Waals surface area (Å²) in [5.41, 5.74) is 5.88. The zero-order valence-corrected chi connectivity index (χ0v) is 48.2. The van der Waals surface area contributed by atoms with Gasteiger partial charge in [0.1, 0.15) is 38.0 Å². The highest BCUT2D eigenvalue weighted by atomic mass is 16.7. The topological polar surface area (TPSA) is 265 Å². The maximum atomic E-state index is 13.6. The van der Waals surface area contributed by atoms with Crippen LogP contribution in [0.2, 0.25) is 0 Å². The predicted octanol–water partition coefficient (Wildman–Crippen LogP) is 8.03. The number of ether oxygens (including phenoxy) is 5. The summed E-state index contributed by atoms with van der Waals surface area (Å²) in [6, 6.07) is 11.9. The number of carbonyl (C=O) groups excluding carboxylic acids is 8. The van der Waals surface area contributed by atoms with E-state index in [2.05, 4.69) is 34.4 Å². The van der Waals surface area contributed by atoms with Crippen LogP contribution in [0.15, 0.2) is 78.0 Å². The molecule has 21 nitrogen and oxygen atoms in total. The first-order valence-corrected chi connectivity index (χ1v) is 29.6. The van der Waals surface area contributed by atoms with Crippen LogP contribution in [0.1, 0.15) is 132 Å². The minimum atomic E-state index is -1.75. The molecule has 4 aromatic rings. The van der Waals surface area contributed by atoms with E-state index in [1.807, 2.05) is 6.08 Å². The van der Waals surface area contributed by atoms with Crippen LogP contribution in [0.5, 0.6) is 5.75 Å². The molecule has 2 aromatic carbocycles. The van der Waals surface area contributed by atoms with Gasteiger partial charge in [-0.3, -0.25) is 33.7 Å². The van der Waals surface area contributed by atoms with E-state index in [0.29, 0.717) is 87.6 Å². The van der Waals surface area contributed by atoms with Gasteiger partial charge in [-0.05, 0) is 110 Å². The first kappa shape index (κ1) is 60.7. The lowest BCUT2D eigenvalue weighted by Crippen LogP contribution is -2.51. The number of imide groups is 1. The third kappa shape index (κ3) is 14.7. The fraction of sp³-hybridized carbons (Fsp3) is 0.508. The van der Waals surface area contributed by atoms with Gasteiger partial charge < -0.3 is 39.0 Å². The lowest BCUT2D eigenvalue weighted by Gasteiger charge is -2.39. The Labute approximate surface area is 488 Å². The molecule has 6 heterocycles. The quantitative estimate of drug-likeness (QED) is 0.0284. The van der Waals surface area contributed by atoms with Crippen molar-refractivity contribution >= 4 is 69.5 Å². The zero-order valence-electron chi connectivity index (χ0n) is 48.2. The van der Waals surface area contributed by atoms with Crippen LogP contribution in [0.4, 0.5) is 10.5 Å². The van der Waals surface area contributed by atoms with Gasteiger partial charge in [0, 0.05) is 104 Å². The number of carbonyl (C=O) groups is 8. The molecule has 1 aliphatic carbocycles. The number of Topliss-reactive ketones (excluding diaryl/α,β-unsaturated/α-hetero) is 3. The summed E-state index contributed by atoms with van der Waals surface area (Å²) in [5, 5.41) is 22.4. The Morgan fingerprint density at radius 3 is 2.40 bits per heavy atom. The van der Waals surface area contributed by atoms with Crippen molar-refractivity contribution in [3.05, 3.63) is 106 Å². The molecule has 446 valence electrons. The summed E-state index contributed by atoms with van der Waals surface area (Å²) < 4.78 is 30.0. The van der Waals surface area contributed by atoms with Crippen molar-refractivity contribution in [2.45, 2.75) is 142 Å². The second-order valence-corrected chi connectivity index (χ2v) is 22.4. The molecular formula is C63H75N7O14. The monoisotopic (exact) mass is 1150 g/mol. The number of fused-ring (bicyclic) bond motifs is 4. The number of aryl methyl sites for hydroxylation is 2. The number of hydrogen-bond acceptors (Lipinski definition) is 18. The van der Waals surface area contributed by atoms with Crippen molar-refractivity contribution < 1.29 is 67.1 Å². The Morgan fingerprint density at radius 1 is 0.881 bits per heavy atom. The van der Waals surface area contributed by atoms with Crippen LogP contribution in [-0.2, 0) is 89.8 Å². The summed E-state index contributed by atoms with van der Waals surface area (Å²) >= 11 is 0. The minimum Gasteiger partial charge on any atom is -0.508 e. The number of phenolic OH excluding ortho intramolecular Hbond substituents is 1. The summed E-state index contributed by atoms with van der Waals surface area (Å²) in [6.07, 6.45) is 13.7. The summed E-state index contributed by atoms with van der Waals surface area (Å²) in [7, 11) is 0. The molecule has 2 unspecified atom stereocenters.